The van der Waals surface area contributed by atoms with Crippen LogP contribution in [-0.4, -0.2) is 55.8 Å². The monoisotopic (exact) mass is 368 g/mol. The molecule has 6 nitrogen and oxygen atoms in total. The molecular formula is C21H24N2O4. The molecule has 4 rings (SSSR count). The van der Waals surface area contributed by atoms with Gasteiger partial charge in [-0.15, -0.1) is 0 Å². The number of fused-ring (bicyclic) bond motifs is 2. The van der Waals surface area contributed by atoms with Crippen molar-refractivity contribution in [3.8, 4) is 17.2 Å². The molecule has 2 aliphatic rings. The van der Waals surface area contributed by atoms with Gasteiger partial charge in [0.1, 0.15) is 5.75 Å². The Hall–Kier alpha value is -2.73. The van der Waals surface area contributed by atoms with E-state index >= 15 is 0 Å². The molecule has 142 valence electrons. The Balaban J connectivity index is 1.32. The van der Waals surface area contributed by atoms with Gasteiger partial charge in [0.2, 0.25) is 6.79 Å². The molecule has 2 aliphatic heterocycles. The molecule has 0 aliphatic carbocycles. The zero-order chi connectivity index (χ0) is 18.8. The Labute approximate surface area is 159 Å². The van der Waals surface area contributed by atoms with Gasteiger partial charge >= 0.3 is 0 Å². The average Bonchev–Trinajstić information content (AvgIpc) is 3.14. The number of ether oxygens (including phenoxy) is 3. The summed E-state index contributed by atoms with van der Waals surface area (Å²) in [4.78, 5) is 16.6. The van der Waals surface area contributed by atoms with E-state index in [1.54, 1.807) is 23.1 Å². The van der Waals surface area contributed by atoms with Gasteiger partial charge in [-0.3, -0.25) is 9.69 Å². The molecule has 6 heteroatoms. The Morgan fingerprint density at radius 2 is 1.96 bits per heavy atom. The summed E-state index contributed by atoms with van der Waals surface area (Å²) in [6.07, 6.45) is 0.952. The van der Waals surface area contributed by atoms with Crippen LogP contribution in [0.4, 0.5) is 0 Å². The molecular weight excluding hydrogens is 344 g/mol. The van der Waals surface area contributed by atoms with E-state index in [2.05, 4.69) is 36.2 Å². The highest BCUT2D eigenvalue weighted by molar-refractivity contribution is 5.77. The summed E-state index contributed by atoms with van der Waals surface area (Å²) in [5.74, 6) is 1.91. The third kappa shape index (κ3) is 3.85. The van der Waals surface area contributed by atoms with E-state index in [0.717, 1.165) is 13.0 Å². The van der Waals surface area contributed by atoms with Crippen LogP contribution in [-0.2, 0) is 17.8 Å². The summed E-state index contributed by atoms with van der Waals surface area (Å²) in [6, 6.07) is 14.1. The Morgan fingerprint density at radius 3 is 2.81 bits per heavy atom. The number of carbonyl (C=O) groups is 1. The smallest absolute Gasteiger partial charge is 0.260 e. The van der Waals surface area contributed by atoms with Gasteiger partial charge in [0.15, 0.2) is 18.1 Å². The molecule has 0 fully saturated rings. The first-order valence-electron chi connectivity index (χ1n) is 9.13. The highest BCUT2D eigenvalue weighted by Gasteiger charge is 2.25. The lowest BCUT2D eigenvalue weighted by molar-refractivity contribution is -0.132. The van der Waals surface area contributed by atoms with E-state index in [1.165, 1.54) is 11.1 Å². The number of nitrogens with zero attached hydrogens (tertiary/aromatic N) is 2. The maximum atomic E-state index is 12.5. The minimum absolute atomic E-state index is 0.00314. The fraction of sp³-hybridized carbons (Fsp3) is 0.381. The van der Waals surface area contributed by atoms with Crippen molar-refractivity contribution in [1.82, 2.24) is 9.80 Å². The minimum Gasteiger partial charge on any atom is -0.484 e. The van der Waals surface area contributed by atoms with Gasteiger partial charge in [-0.05, 0) is 36.7 Å². The van der Waals surface area contributed by atoms with Crippen LogP contribution in [0.25, 0.3) is 0 Å². The van der Waals surface area contributed by atoms with Crippen LogP contribution in [0.1, 0.15) is 11.1 Å². The second-order valence-corrected chi connectivity index (χ2v) is 7.12. The number of rotatable bonds is 5. The summed E-state index contributed by atoms with van der Waals surface area (Å²) in [5, 5.41) is 0. The number of carbonyl (C=O) groups excluding carboxylic acids is 1. The first-order valence-corrected chi connectivity index (χ1v) is 9.13. The van der Waals surface area contributed by atoms with Gasteiger partial charge < -0.3 is 19.1 Å². The maximum absolute atomic E-state index is 12.5. The van der Waals surface area contributed by atoms with E-state index in [-0.39, 0.29) is 19.3 Å². The second-order valence-electron chi connectivity index (χ2n) is 7.12. The lowest BCUT2D eigenvalue weighted by atomic mass is 9.94. The summed E-state index contributed by atoms with van der Waals surface area (Å²) in [6.45, 7) is 1.81. The predicted molar refractivity (Wildman–Crippen MR) is 101 cm³/mol. The van der Waals surface area contributed by atoms with Gasteiger partial charge in [0, 0.05) is 32.2 Å². The van der Waals surface area contributed by atoms with Gasteiger partial charge in [-0.25, -0.2) is 0 Å². The summed E-state index contributed by atoms with van der Waals surface area (Å²) in [7, 11) is 3.95. The number of hydrogen-bond donors (Lipinski definition) is 0. The van der Waals surface area contributed by atoms with Crippen molar-refractivity contribution in [3.63, 3.8) is 0 Å². The summed E-state index contributed by atoms with van der Waals surface area (Å²) < 4.78 is 16.3. The molecule has 0 radical (unpaired) electrons. The van der Waals surface area contributed by atoms with E-state index in [9.17, 15) is 4.79 Å². The van der Waals surface area contributed by atoms with Crippen LogP contribution < -0.4 is 14.2 Å². The number of amides is 1. The zero-order valence-corrected chi connectivity index (χ0v) is 15.7. The fourth-order valence-corrected chi connectivity index (χ4v) is 3.56. The molecule has 0 saturated carbocycles. The first-order chi connectivity index (χ1) is 13.1. The fourth-order valence-electron chi connectivity index (χ4n) is 3.56. The molecule has 0 bridgehead atoms. The average molecular weight is 368 g/mol. The topological polar surface area (TPSA) is 51.2 Å². The van der Waals surface area contributed by atoms with Crippen molar-refractivity contribution in [2.75, 3.05) is 34.0 Å². The van der Waals surface area contributed by atoms with Crippen molar-refractivity contribution in [2.45, 2.75) is 19.0 Å². The van der Waals surface area contributed by atoms with Crippen molar-refractivity contribution in [3.05, 3.63) is 53.6 Å². The van der Waals surface area contributed by atoms with Gasteiger partial charge in [0.05, 0.1) is 0 Å². The number of likely N-dealkylation sites (N-methyl/N-ethyl adjacent to an activating group) is 2. The van der Waals surface area contributed by atoms with Crippen LogP contribution in [0.5, 0.6) is 17.2 Å². The van der Waals surface area contributed by atoms with Crippen LogP contribution in [0, 0.1) is 0 Å². The lowest BCUT2D eigenvalue weighted by Gasteiger charge is -2.36. The molecule has 0 spiro atoms. The molecule has 27 heavy (non-hydrogen) atoms. The van der Waals surface area contributed by atoms with Gasteiger partial charge in [-0.1, -0.05) is 24.3 Å². The lowest BCUT2D eigenvalue weighted by Crippen LogP contribution is -2.47. The van der Waals surface area contributed by atoms with Crippen molar-refractivity contribution >= 4 is 5.91 Å². The Bertz CT molecular complexity index is 839. The van der Waals surface area contributed by atoms with Crippen LogP contribution in [0.15, 0.2) is 42.5 Å². The van der Waals surface area contributed by atoms with E-state index in [0.29, 0.717) is 29.8 Å². The number of benzene rings is 2. The largest absolute Gasteiger partial charge is 0.484 e. The van der Waals surface area contributed by atoms with Crippen LogP contribution in [0.2, 0.25) is 0 Å². The van der Waals surface area contributed by atoms with E-state index in [1.807, 2.05) is 7.05 Å². The molecule has 2 aromatic carbocycles. The highest BCUT2D eigenvalue weighted by atomic mass is 16.7. The SMILES string of the molecule is CN(C[C@H]1Cc2ccccc2CN1C)C(=O)COc1ccc2c(c1)OCO2. The quantitative estimate of drug-likeness (QED) is 0.811. The standard InChI is InChI=1S/C21H24N2O4/c1-22-11-16-6-4-3-5-15(16)9-17(22)12-23(2)21(24)13-25-18-7-8-19-20(10-18)27-14-26-19/h3-8,10,17H,9,11-14H2,1-2H3/t17-/m1/s1. The van der Waals surface area contributed by atoms with Crippen LogP contribution in [0.3, 0.4) is 0 Å². The second kappa shape index (κ2) is 7.48. The molecule has 2 aromatic rings. The molecule has 0 aromatic heterocycles. The van der Waals surface area contributed by atoms with Crippen molar-refractivity contribution in [2.24, 2.45) is 0 Å². The van der Waals surface area contributed by atoms with E-state index in [4.69, 9.17) is 14.2 Å². The molecule has 0 saturated heterocycles. The minimum atomic E-state index is -0.0417. The third-order valence-corrected chi connectivity index (χ3v) is 5.23. The van der Waals surface area contributed by atoms with Crippen LogP contribution >= 0.6 is 0 Å². The molecule has 1 atom stereocenters. The molecule has 2 heterocycles. The van der Waals surface area contributed by atoms with Gasteiger partial charge in [-0.2, -0.15) is 0 Å². The Morgan fingerprint density at radius 1 is 1.19 bits per heavy atom. The predicted octanol–water partition coefficient (Wildman–Crippen LogP) is 2.31. The van der Waals surface area contributed by atoms with E-state index < -0.39 is 0 Å². The number of hydrogen-bond acceptors (Lipinski definition) is 5. The van der Waals surface area contributed by atoms with Crippen molar-refractivity contribution in [1.29, 1.82) is 0 Å². The zero-order valence-electron chi connectivity index (χ0n) is 15.7. The molecule has 1 amide bonds. The third-order valence-electron chi connectivity index (χ3n) is 5.23. The normalized spacial score (nSPS) is 18.1. The summed E-state index contributed by atoms with van der Waals surface area (Å²) in [5.41, 5.74) is 2.74. The van der Waals surface area contributed by atoms with Crippen molar-refractivity contribution < 1.29 is 19.0 Å². The molecule has 0 unspecified atom stereocenters. The van der Waals surface area contributed by atoms with Gasteiger partial charge in [0.25, 0.3) is 5.91 Å². The highest BCUT2D eigenvalue weighted by Crippen LogP contribution is 2.35. The maximum Gasteiger partial charge on any atom is 0.260 e. The molecule has 0 N–H and O–H groups in total. The Kier molecular flexibility index (Phi) is 4.90. The summed E-state index contributed by atoms with van der Waals surface area (Å²) >= 11 is 0. The first kappa shape index (κ1) is 17.7.